The second-order valence-electron chi connectivity index (χ2n) is 6.17. The summed E-state index contributed by atoms with van der Waals surface area (Å²) >= 11 is 1.81. The van der Waals surface area contributed by atoms with Crippen molar-refractivity contribution in [3.8, 4) is 0 Å². The molecule has 1 aromatic carbocycles. The Labute approximate surface area is 130 Å². The van der Waals surface area contributed by atoms with Crippen LogP contribution in [0.25, 0.3) is 0 Å². The largest absolute Gasteiger partial charge is 0.380 e. The molecule has 5 heteroatoms. The highest BCUT2D eigenvalue weighted by atomic mass is 32.2. The van der Waals surface area contributed by atoms with Crippen LogP contribution in [0.2, 0.25) is 0 Å². The molecule has 0 saturated carbocycles. The maximum absolute atomic E-state index is 11.4. The molecule has 0 aliphatic heterocycles. The Balaban J connectivity index is 2.02. The zero-order valence-corrected chi connectivity index (χ0v) is 14.4. The fourth-order valence-electron chi connectivity index (χ4n) is 1.89. The molecule has 0 spiro atoms. The van der Waals surface area contributed by atoms with E-state index in [0.29, 0.717) is 4.90 Å². The van der Waals surface area contributed by atoms with Gasteiger partial charge in [-0.1, -0.05) is 20.8 Å². The van der Waals surface area contributed by atoms with Crippen molar-refractivity contribution in [3.05, 3.63) is 46.2 Å². The lowest BCUT2D eigenvalue weighted by Crippen LogP contribution is -2.07. The zero-order valence-electron chi connectivity index (χ0n) is 12.8. The van der Waals surface area contributed by atoms with Crippen molar-refractivity contribution >= 4 is 26.9 Å². The first kappa shape index (κ1) is 16.0. The van der Waals surface area contributed by atoms with E-state index in [-0.39, 0.29) is 5.41 Å². The number of rotatable bonds is 4. The first-order valence-corrected chi connectivity index (χ1v) is 9.50. The van der Waals surface area contributed by atoms with E-state index in [4.69, 9.17) is 0 Å². The number of benzene rings is 1. The summed E-state index contributed by atoms with van der Waals surface area (Å²) in [7, 11) is -3.13. The molecule has 0 unspecified atom stereocenters. The Hall–Kier alpha value is -1.33. The van der Waals surface area contributed by atoms with Gasteiger partial charge in [-0.15, -0.1) is 11.3 Å². The molecule has 114 valence electrons. The predicted octanol–water partition coefficient (Wildman–Crippen LogP) is 4.06. The molecule has 3 nitrogen and oxygen atoms in total. The molecular formula is C16H21NO2S2. The first-order chi connectivity index (χ1) is 9.66. The third-order valence-corrected chi connectivity index (χ3v) is 5.79. The predicted molar refractivity (Wildman–Crippen MR) is 89.9 cm³/mol. The van der Waals surface area contributed by atoms with E-state index in [1.165, 1.54) is 16.0 Å². The van der Waals surface area contributed by atoms with E-state index in [9.17, 15) is 8.42 Å². The van der Waals surface area contributed by atoms with E-state index in [2.05, 4.69) is 38.2 Å². The Bertz CT molecular complexity index is 707. The minimum absolute atomic E-state index is 0.181. The van der Waals surface area contributed by atoms with Crippen LogP contribution < -0.4 is 5.32 Å². The number of hydrogen-bond donors (Lipinski definition) is 1. The summed E-state index contributed by atoms with van der Waals surface area (Å²) in [5, 5.41) is 3.32. The van der Waals surface area contributed by atoms with Crippen molar-refractivity contribution in [2.45, 2.75) is 37.6 Å². The van der Waals surface area contributed by atoms with Crippen LogP contribution >= 0.6 is 11.3 Å². The molecule has 0 saturated heterocycles. The zero-order chi connectivity index (χ0) is 15.7. The highest BCUT2D eigenvalue weighted by Gasteiger charge is 2.15. The van der Waals surface area contributed by atoms with Crippen LogP contribution in [0, 0.1) is 0 Å². The molecule has 0 atom stereocenters. The van der Waals surface area contributed by atoms with Crippen LogP contribution in [-0.4, -0.2) is 14.7 Å². The minimum atomic E-state index is -3.13. The van der Waals surface area contributed by atoms with Crippen LogP contribution in [0.15, 0.2) is 41.3 Å². The molecule has 0 aliphatic carbocycles. The summed E-state index contributed by atoms with van der Waals surface area (Å²) in [5.41, 5.74) is 1.10. The highest BCUT2D eigenvalue weighted by Crippen LogP contribution is 2.29. The lowest BCUT2D eigenvalue weighted by Gasteiger charge is -2.15. The Morgan fingerprint density at radius 3 is 2.14 bits per heavy atom. The average Bonchev–Trinajstić information content (AvgIpc) is 2.84. The molecule has 0 aliphatic rings. The van der Waals surface area contributed by atoms with Crippen LogP contribution in [0.4, 0.5) is 5.69 Å². The molecule has 1 heterocycles. The summed E-state index contributed by atoms with van der Waals surface area (Å²) < 4.78 is 22.8. The normalized spacial score (nSPS) is 12.4. The molecule has 2 rings (SSSR count). The van der Waals surface area contributed by atoms with Crippen molar-refractivity contribution < 1.29 is 8.42 Å². The summed E-state index contributed by atoms with van der Waals surface area (Å²) in [4.78, 5) is 2.98. The molecule has 1 aromatic heterocycles. The molecule has 0 fully saturated rings. The van der Waals surface area contributed by atoms with Gasteiger partial charge in [0, 0.05) is 28.2 Å². The fourth-order valence-corrected chi connectivity index (χ4v) is 3.52. The van der Waals surface area contributed by atoms with Gasteiger partial charge in [-0.2, -0.15) is 0 Å². The molecule has 21 heavy (non-hydrogen) atoms. The maximum atomic E-state index is 11.4. The summed E-state index contributed by atoms with van der Waals surface area (Å²) in [6, 6.07) is 11.2. The van der Waals surface area contributed by atoms with Gasteiger partial charge >= 0.3 is 0 Å². The van der Waals surface area contributed by atoms with Gasteiger partial charge in [0.25, 0.3) is 0 Å². The molecule has 2 aromatic rings. The average molecular weight is 323 g/mol. The van der Waals surface area contributed by atoms with E-state index >= 15 is 0 Å². The second kappa shape index (κ2) is 5.81. The second-order valence-corrected chi connectivity index (χ2v) is 9.35. The van der Waals surface area contributed by atoms with Crippen LogP contribution in [0.5, 0.6) is 0 Å². The van der Waals surface area contributed by atoms with Crippen LogP contribution in [0.1, 0.15) is 30.5 Å². The van der Waals surface area contributed by atoms with E-state index in [1.54, 1.807) is 24.3 Å². The molecule has 0 amide bonds. The summed E-state index contributed by atoms with van der Waals surface area (Å²) in [6.07, 6.45) is 1.22. The van der Waals surface area contributed by atoms with Gasteiger partial charge in [-0.05, 0) is 41.8 Å². The SMILES string of the molecule is CC(C)(C)c1ccc(CNc2ccc(S(C)(=O)=O)cc2)s1. The lowest BCUT2D eigenvalue weighted by atomic mass is 9.95. The van der Waals surface area contributed by atoms with Gasteiger partial charge in [0.2, 0.25) is 0 Å². The standard InChI is InChI=1S/C16H21NO2S2/c1-16(2,3)15-10-7-13(20-15)11-17-12-5-8-14(9-6-12)21(4,18)19/h5-10,17H,11H2,1-4H3. The minimum Gasteiger partial charge on any atom is -0.380 e. The lowest BCUT2D eigenvalue weighted by molar-refractivity contribution is 0.601. The van der Waals surface area contributed by atoms with Gasteiger partial charge in [-0.3, -0.25) is 0 Å². The molecule has 0 radical (unpaired) electrons. The summed E-state index contributed by atoms with van der Waals surface area (Å²) in [6.45, 7) is 7.37. The Morgan fingerprint density at radius 1 is 1.05 bits per heavy atom. The smallest absolute Gasteiger partial charge is 0.175 e. The van der Waals surface area contributed by atoms with Gasteiger partial charge in [0.15, 0.2) is 9.84 Å². The third-order valence-electron chi connectivity index (χ3n) is 3.15. The molecular weight excluding hydrogens is 302 g/mol. The van der Waals surface area contributed by atoms with Gasteiger partial charge in [0.05, 0.1) is 4.90 Å². The van der Waals surface area contributed by atoms with Crippen LogP contribution in [-0.2, 0) is 21.8 Å². The quantitative estimate of drug-likeness (QED) is 0.923. The van der Waals surface area contributed by atoms with Gasteiger partial charge < -0.3 is 5.32 Å². The fraction of sp³-hybridized carbons (Fsp3) is 0.375. The Morgan fingerprint density at radius 2 is 1.67 bits per heavy atom. The van der Waals surface area contributed by atoms with Crippen molar-refractivity contribution in [2.24, 2.45) is 0 Å². The van der Waals surface area contributed by atoms with Crippen molar-refractivity contribution in [1.29, 1.82) is 0 Å². The summed E-state index contributed by atoms with van der Waals surface area (Å²) in [5.74, 6) is 0. The number of hydrogen-bond acceptors (Lipinski definition) is 4. The van der Waals surface area contributed by atoms with Gasteiger partial charge in [0.1, 0.15) is 0 Å². The number of nitrogens with one attached hydrogen (secondary N) is 1. The van der Waals surface area contributed by atoms with E-state index < -0.39 is 9.84 Å². The third kappa shape index (κ3) is 4.32. The topological polar surface area (TPSA) is 46.2 Å². The van der Waals surface area contributed by atoms with Crippen molar-refractivity contribution in [3.63, 3.8) is 0 Å². The van der Waals surface area contributed by atoms with Gasteiger partial charge in [-0.25, -0.2) is 8.42 Å². The number of thiophene rings is 1. The monoisotopic (exact) mass is 323 g/mol. The van der Waals surface area contributed by atoms with Crippen molar-refractivity contribution in [1.82, 2.24) is 0 Å². The van der Waals surface area contributed by atoms with Crippen molar-refractivity contribution in [2.75, 3.05) is 11.6 Å². The van der Waals surface area contributed by atoms with E-state index in [0.717, 1.165) is 12.2 Å². The maximum Gasteiger partial charge on any atom is 0.175 e. The first-order valence-electron chi connectivity index (χ1n) is 6.79. The van der Waals surface area contributed by atoms with E-state index in [1.807, 2.05) is 11.3 Å². The molecule has 0 bridgehead atoms. The Kier molecular flexibility index (Phi) is 4.44. The number of sulfone groups is 1. The molecule has 1 N–H and O–H groups in total. The highest BCUT2D eigenvalue weighted by molar-refractivity contribution is 7.90. The van der Waals surface area contributed by atoms with Crippen LogP contribution in [0.3, 0.4) is 0 Å². The number of anilines is 1.